The zero-order valence-electron chi connectivity index (χ0n) is 13.3. The highest BCUT2D eigenvalue weighted by molar-refractivity contribution is 5.92. The minimum atomic E-state index is -0.255. The molecule has 6 heteroatoms. The van der Waals surface area contributed by atoms with Gasteiger partial charge >= 0.3 is 0 Å². The topological polar surface area (TPSA) is 69.0 Å². The summed E-state index contributed by atoms with van der Waals surface area (Å²) >= 11 is 0. The van der Waals surface area contributed by atoms with Crippen molar-refractivity contribution >= 4 is 5.91 Å². The molecule has 0 saturated carbocycles. The highest BCUT2D eigenvalue weighted by Gasteiger charge is 2.17. The fourth-order valence-corrected chi connectivity index (χ4v) is 2.41. The van der Waals surface area contributed by atoms with Crippen molar-refractivity contribution in [2.75, 3.05) is 7.11 Å². The summed E-state index contributed by atoms with van der Waals surface area (Å²) in [5.74, 6) is 0.341. The quantitative estimate of drug-likeness (QED) is 0.757. The number of aromatic nitrogens is 3. The third kappa shape index (κ3) is 3.78. The minimum absolute atomic E-state index is 0.216. The molecule has 0 aliphatic carbocycles. The molecule has 2 heterocycles. The molecular formula is C18H18N4O2. The predicted molar refractivity (Wildman–Crippen MR) is 89.7 cm³/mol. The molecule has 6 nitrogen and oxygen atoms in total. The summed E-state index contributed by atoms with van der Waals surface area (Å²) < 4.78 is 6.93. The number of amides is 1. The molecular weight excluding hydrogens is 304 g/mol. The van der Waals surface area contributed by atoms with Crippen LogP contribution in [-0.2, 0) is 6.54 Å². The molecule has 3 aromatic rings. The van der Waals surface area contributed by atoms with Crippen molar-refractivity contribution in [1.29, 1.82) is 0 Å². The van der Waals surface area contributed by atoms with Crippen LogP contribution in [0.15, 0.2) is 67.1 Å². The number of ether oxygens (including phenoxy) is 1. The van der Waals surface area contributed by atoms with Crippen LogP contribution in [0.25, 0.3) is 0 Å². The van der Waals surface area contributed by atoms with Crippen LogP contribution in [0.2, 0.25) is 0 Å². The Labute approximate surface area is 140 Å². The van der Waals surface area contributed by atoms with Gasteiger partial charge in [-0.15, -0.1) is 0 Å². The normalized spacial score (nSPS) is 11.7. The Hall–Kier alpha value is -3.15. The van der Waals surface area contributed by atoms with Gasteiger partial charge in [0.1, 0.15) is 11.4 Å². The number of hydrogen-bond acceptors (Lipinski definition) is 4. The van der Waals surface area contributed by atoms with Crippen molar-refractivity contribution in [2.45, 2.75) is 12.6 Å². The first-order chi connectivity index (χ1) is 11.8. The van der Waals surface area contributed by atoms with Gasteiger partial charge in [0.15, 0.2) is 0 Å². The monoisotopic (exact) mass is 322 g/mol. The van der Waals surface area contributed by atoms with E-state index in [2.05, 4.69) is 15.4 Å². The van der Waals surface area contributed by atoms with Gasteiger partial charge in [-0.2, -0.15) is 5.10 Å². The Bertz CT molecular complexity index is 788. The maximum atomic E-state index is 12.6. The molecule has 122 valence electrons. The average Bonchev–Trinajstić information content (AvgIpc) is 3.15. The van der Waals surface area contributed by atoms with Crippen molar-refractivity contribution in [3.05, 3.63) is 78.4 Å². The van der Waals surface area contributed by atoms with E-state index < -0.39 is 0 Å². The molecule has 3 rings (SSSR count). The number of pyridine rings is 1. The first-order valence-electron chi connectivity index (χ1n) is 7.59. The Morgan fingerprint density at radius 2 is 2.04 bits per heavy atom. The zero-order chi connectivity index (χ0) is 16.8. The van der Waals surface area contributed by atoms with Crippen LogP contribution in [0.5, 0.6) is 5.75 Å². The summed E-state index contributed by atoms with van der Waals surface area (Å²) in [5.41, 5.74) is 1.32. The van der Waals surface area contributed by atoms with Crippen LogP contribution in [0.3, 0.4) is 0 Å². The van der Waals surface area contributed by atoms with Gasteiger partial charge in [0.05, 0.1) is 19.7 Å². The molecule has 0 fully saturated rings. The van der Waals surface area contributed by atoms with E-state index in [4.69, 9.17) is 4.74 Å². The van der Waals surface area contributed by atoms with E-state index in [-0.39, 0.29) is 11.9 Å². The summed E-state index contributed by atoms with van der Waals surface area (Å²) in [6, 6.07) is 14.8. The van der Waals surface area contributed by atoms with Gasteiger partial charge in [0, 0.05) is 24.7 Å². The molecule has 0 radical (unpaired) electrons. The van der Waals surface area contributed by atoms with Crippen LogP contribution >= 0.6 is 0 Å². The Kier molecular flexibility index (Phi) is 4.86. The highest BCUT2D eigenvalue weighted by atomic mass is 16.5. The fraction of sp³-hybridized carbons (Fsp3) is 0.167. The molecule has 0 aliphatic rings. The summed E-state index contributed by atoms with van der Waals surface area (Å²) in [7, 11) is 1.56. The number of methoxy groups -OCH3 is 1. The lowest BCUT2D eigenvalue weighted by atomic mass is 10.1. The molecule has 0 spiro atoms. The highest BCUT2D eigenvalue weighted by Crippen LogP contribution is 2.16. The van der Waals surface area contributed by atoms with E-state index >= 15 is 0 Å². The SMILES string of the molecule is COc1ccnc(C(=O)N[C@H](Cn2cccn2)c2ccccc2)c1. The number of carbonyl (C=O) groups excluding carboxylic acids is 1. The van der Waals surface area contributed by atoms with Crippen LogP contribution in [0.4, 0.5) is 0 Å². The lowest BCUT2D eigenvalue weighted by Crippen LogP contribution is -2.32. The van der Waals surface area contributed by atoms with Gasteiger partial charge < -0.3 is 10.1 Å². The van der Waals surface area contributed by atoms with E-state index in [0.29, 0.717) is 18.0 Å². The second-order valence-electron chi connectivity index (χ2n) is 5.25. The Morgan fingerprint density at radius 3 is 2.75 bits per heavy atom. The maximum Gasteiger partial charge on any atom is 0.270 e. The smallest absolute Gasteiger partial charge is 0.270 e. The summed E-state index contributed by atoms with van der Waals surface area (Å²) in [5, 5.41) is 7.24. The molecule has 1 aromatic carbocycles. The van der Waals surface area contributed by atoms with Crippen LogP contribution in [-0.4, -0.2) is 27.8 Å². The van der Waals surface area contributed by atoms with E-state index in [1.54, 1.807) is 36.3 Å². The molecule has 0 unspecified atom stereocenters. The standard InChI is InChI=1S/C18H18N4O2/c1-24-15-8-10-19-16(12-15)18(23)21-17(13-22-11-5-9-20-22)14-6-3-2-4-7-14/h2-12,17H,13H2,1H3,(H,21,23)/t17-/m1/s1. The number of nitrogens with one attached hydrogen (secondary N) is 1. The van der Waals surface area contributed by atoms with Crippen molar-refractivity contribution in [2.24, 2.45) is 0 Å². The van der Waals surface area contributed by atoms with Crippen molar-refractivity contribution in [3.63, 3.8) is 0 Å². The molecule has 1 amide bonds. The lowest BCUT2D eigenvalue weighted by Gasteiger charge is -2.19. The van der Waals surface area contributed by atoms with E-state index in [9.17, 15) is 4.79 Å². The van der Waals surface area contributed by atoms with Gasteiger partial charge in [0.25, 0.3) is 5.91 Å². The van der Waals surface area contributed by atoms with Gasteiger partial charge in [0.2, 0.25) is 0 Å². The molecule has 2 aromatic heterocycles. The molecule has 0 bridgehead atoms. The second kappa shape index (κ2) is 7.41. The van der Waals surface area contributed by atoms with Crippen molar-refractivity contribution in [3.8, 4) is 5.75 Å². The summed E-state index contributed by atoms with van der Waals surface area (Å²) in [6.45, 7) is 0.534. The first-order valence-corrected chi connectivity index (χ1v) is 7.59. The van der Waals surface area contributed by atoms with Gasteiger partial charge in [-0.05, 0) is 17.7 Å². The van der Waals surface area contributed by atoms with Crippen LogP contribution < -0.4 is 10.1 Å². The summed E-state index contributed by atoms with van der Waals surface area (Å²) in [6.07, 6.45) is 5.14. The number of hydrogen-bond donors (Lipinski definition) is 1. The predicted octanol–water partition coefficient (Wildman–Crippen LogP) is 2.46. The molecule has 0 saturated heterocycles. The molecule has 1 atom stereocenters. The van der Waals surface area contributed by atoms with Gasteiger partial charge in [-0.1, -0.05) is 30.3 Å². The number of rotatable bonds is 6. The third-order valence-corrected chi connectivity index (χ3v) is 3.64. The molecule has 24 heavy (non-hydrogen) atoms. The largest absolute Gasteiger partial charge is 0.497 e. The minimum Gasteiger partial charge on any atom is -0.497 e. The Balaban J connectivity index is 1.81. The number of nitrogens with zero attached hydrogens (tertiary/aromatic N) is 3. The molecule has 0 aliphatic heterocycles. The Morgan fingerprint density at radius 1 is 1.21 bits per heavy atom. The number of carbonyl (C=O) groups is 1. The average molecular weight is 322 g/mol. The molecule has 1 N–H and O–H groups in total. The summed E-state index contributed by atoms with van der Waals surface area (Å²) in [4.78, 5) is 16.7. The van der Waals surface area contributed by atoms with E-state index in [1.807, 2.05) is 42.6 Å². The third-order valence-electron chi connectivity index (χ3n) is 3.64. The second-order valence-corrected chi connectivity index (χ2v) is 5.25. The van der Waals surface area contributed by atoms with Gasteiger partial charge in [-0.3, -0.25) is 14.5 Å². The van der Waals surface area contributed by atoms with E-state index in [1.165, 1.54) is 0 Å². The van der Waals surface area contributed by atoms with Crippen LogP contribution in [0.1, 0.15) is 22.1 Å². The fourth-order valence-electron chi connectivity index (χ4n) is 2.41. The van der Waals surface area contributed by atoms with E-state index in [0.717, 1.165) is 5.56 Å². The van der Waals surface area contributed by atoms with Crippen LogP contribution in [0, 0.1) is 0 Å². The maximum absolute atomic E-state index is 12.6. The first kappa shape index (κ1) is 15.7. The zero-order valence-corrected chi connectivity index (χ0v) is 13.3. The van der Waals surface area contributed by atoms with Crippen molar-refractivity contribution in [1.82, 2.24) is 20.1 Å². The number of benzene rings is 1. The lowest BCUT2D eigenvalue weighted by molar-refractivity contribution is 0.0926. The van der Waals surface area contributed by atoms with Crippen molar-refractivity contribution < 1.29 is 9.53 Å². The van der Waals surface area contributed by atoms with Gasteiger partial charge in [-0.25, -0.2) is 0 Å².